The summed E-state index contributed by atoms with van der Waals surface area (Å²) in [6.45, 7) is 0. The molecule has 0 bridgehead atoms. The van der Waals surface area contributed by atoms with Crippen LogP contribution in [0, 0.1) is 0 Å². The topological polar surface area (TPSA) is 86.3 Å². The first-order valence-electron chi connectivity index (χ1n) is 4.45. The van der Waals surface area contributed by atoms with Crippen LogP contribution in [0.1, 0.15) is 5.56 Å². The van der Waals surface area contributed by atoms with Gasteiger partial charge in [0.25, 0.3) is 0 Å². The van der Waals surface area contributed by atoms with Crippen molar-refractivity contribution < 1.29 is 19.4 Å². The quantitative estimate of drug-likeness (QED) is 0.343. The Labute approximate surface area is 93.2 Å². The van der Waals surface area contributed by atoms with E-state index >= 15 is 0 Å². The Kier molecular flexibility index (Phi) is 3.82. The number of rotatable bonds is 4. The monoisotopic (exact) mass is 226 g/mol. The van der Waals surface area contributed by atoms with E-state index in [-0.39, 0.29) is 5.84 Å². The van der Waals surface area contributed by atoms with Crippen LogP contribution in [0.3, 0.4) is 0 Å². The molecule has 3 N–H and O–H groups in total. The summed E-state index contributed by atoms with van der Waals surface area (Å²) < 4.78 is 15.3. The molecular formula is C10H14N2O4. The van der Waals surface area contributed by atoms with Gasteiger partial charge in [-0.05, 0) is 6.07 Å². The van der Waals surface area contributed by atoms with Crippen LogP contribution >= 0.6 is 0 Å². The highest BCUT2D eigenvalue weighted by atomic mass is 16.5. The zero-order valence-electron chi connectivity index (χ0n) is 9.35. The van der Waals surface area contributed by atoms with Gasteiger partial charge in [0.05, 0.1) is 26.9 Å². The Morgan fingerprint density at radius 2 is 1.56 bits per heavy atom. The van der Waals surface area contributed by atoms with Crippen molar-refractivity contribution >= 4 is 5.84 Å². The van der Waals surface area contributed by atoms with Crippen LogP contribution in [0.4, 0.5) is 0 Å². The van der Waals surface area contributed by atoms with E-state index in [0.29, 0.717) is 22.8 Å². The Hall–Kier alpha value is -2.11. The smallest absolute Gasteiger partial charge is 0.173 e. The van der Waals surface area contributed by atoms with Crippen LogP contribution in [-0.2, 0) is 0 Å². The maximum atomic E-state index is 8.63. The molecule has 0 aromatic heterocycles. The van der Waals surface area contributed by atoms with Crippen LogP contribution in [-0.4, -0.2) is 32.4 Å². The lowest BCUT2D eigenvalue weighted by atomic mass is 10.1. The summed E-state index contributed by atoms with van der Waals surface area (Å²) >= 11 is 0. The van der Waals surface area contributed by atoms with E-state index in [0.717, 1.165) is 0 Å². The molecular weight excluding hydrogens is 212 g/mol. The third-order valence-electron chi connectivity index (χ3n) is 2.09. The molecule has 0 amide bonds. The van der Waals surface area contributed by atoms with Gasteiger partial charge < -0.3 is 25.2 Å². The summed E-state index contributed by atoms with van der Waals surface area (Å²) in [6, 6.07) is 3.18. The lowest BCUT2D eigenvalue weighted by molar-refractivity contribution is 0.318. The molecule has 0 radical (unpaired) electrons. The second-order valence-corrected chi connectivity index (χ2v) is 2.89. The molecule has 0 heterocycles. The first-order chi connectivity index (χ1) is 7.67. The van der Waals surface area contributed by atoms with Crippen molar-refractivity contribution in [2.45, 2.75) is 0 Å². The van der Waals surface area contributed by atoms with E-state index in [4.69, 9.17) is 25.2 Å². The number of benzene rings is 1. The fraction of sp³-hybridized carbons (Fsp3) is 0.300. The predicted octanol–water partition coefficient (Wildman–Crippen LogP) is 0.807. The molecule has 0 atom stereocenters. The maximum absolute atomic E-state index is 8.63. The van der Waals surface area contributed by atoms with E-state index in [1.165, 1.54) is 21.3 Å². The Balaban J connectivity index is 3.37. The molecule has 1 aromatic rings. The van der Waals surface area contributed by atoms with Gasteiger partial charge >= 0.3 is 0 Å². The largest absolute Gasteiger partial charge is 0.496 e. The van der Waals surface area contributed by atoms with Gasteiger partial charge in [0.2, 0.25) is 0 Å². The molecule has 6 nitrogen and oxygen atoms in total. The zero-order chi connectivity index (χ0) is 12.1. The van der Waals surface area contributed by atoms with Gasteiger partial charge in [0.15, 0.2) is 17.3 Å². The molecule has 6 heteroatoms. The SMILES string of the molecule is COc1cc(OC)c(C(N)=NO)cc1OC. The second kappa shape index (κ2) is 5.11. The number of methoxy groups -OCH3 is 3. The highest BCUT2D eigenvalue weighted by molar-refractivity contribution is 6.00. The van der Waals surface area contributed by atoms with E-state index in [9.17, 15) is 0 Å². The molecule has 0 aliphatic heterocycles. The standard InChI is InChI=1S/C10H14N2O4/c1-14-7-5-9(16-3)8(15-2)4-6(7)10(11)12-13/h4-5,13H,1-3H3,(H2,11,12). The van der Waals surface area contributed by atoms with Crippen LogP contribution in [0.25, 0.3) is 0 Å². The van der Waals surface area contributed by atoms with Gasteiger partial charge in [-0.2, -0.15) is 0 Å². The van der Waals surface area contributed by atoms with Crippen LogP contribution in [0.5, 0.6) is 17.2 Å². The number of amidine groups is 1. The molecule has 0 aliphatic carbocycles. The van der Waals surface area contributed by atoms with Crippen molar-refractivity contribution in [3.63, 3.8) is 0 Å². The van der Waals surface area contributed by atoms with Crippen LogP contribution in [0.15, 0.2) is 17.3 Å². The predicted molar refractivity (Wildman–Crippen MR) is 58.6 cm³/mol. The van der Waals surface area contributed by atoms with Gasteiger partial charge in [-0.15, -0.1) is 0 Å². The molecule has 0 saturated carbocycles. The number of hydrogen-bond donors (Lipinski definition) is 2. The summed E-state index contributed by atoms with van der Waals surface area (Å²) in [5, 5.41) is 11.5. The number of ether oxygens (including phenoxy) is 3. The number of nitrogens with two attached hydrogens (primary N) is 1. The van der Waals surface area contributed by atoms with Gasteiger partial charge in [0, 0.05) is 6.07 Å². The lowest BCUT2D eigenvalue weighted by Gasteiger charge is -2.12. The van der Waals surface area contributed by atoms with Crippen LogP contribution < -0.4 is 19.9 Å². The molecule has 16 heavy (non-hydrogen) atoms. The molecule has 0 fully saturated rings. The lowest BCUT2D eigenvalue weighted by Crippen LogP contribution is -2.14. The van der Waals surface area contributed by atoms with Crippen molar-refractivity contribution in [1.82, 2.24) is 0 Å². The maximum Gasteiger partial charge on any atom is 0.173 e. The summed E-state index contributed by atoms with van der Waals surface area (Å²) in [4.78, 5) is 0. The minimum absolute atomic E-state index is 0.0576. The third kappa shape index (κ3) is 2.10. The average molecular weight is 226 g/mol. The summed E-state index contributed by atoms with van der Waals surface area (Å²) in [7, 11) is 4.50. The summed E-state index contributed by atoms with van der Waals surface area (Å²) in [5.74, 6) is 1.37. The molecule has 1 rings (SSSR count). The molecule has 88 valence electrons. The van der Waals surface area contributed by atoms with Gasteiger partial charge in [-0.25, -0.2) is 0 Å². The first kappa shape index (κ1) is 12.0. The van der Waals surface area contributed by atoms with E-state index in [1.807, 2.05) is 0 Å². The molecule has 1 aromatic carbocycles. The fourth-order valence-corrected chi connectivity index (χ4v) is 1.28. The third-order valence-corrected chi connectivity index (χ3v) is 2.09. The number of oxime groups is 1. The van der Waals surface area contributed by atoms with Gasteiger partial charge in [-0.3, -0.25) is 0 Å². The highest BCUT2D eigenvalue weighted by Crippen LogP contribution is 2.34. The van der Waals surface area contributed by atoms with E-state index in [1.54, 1.807) is 12.1 Å². The normalized spacial score (nSPS) is 11.1. The number of nitrogens with zero attached hydrogens (tertiary/aromatic N) is 1. The van der Waals surface area contributed by atoms with E-state index in [2.05, 4.69) is 5.16 Å². The van der Waals surface area contributed by atoms with Gasteiger partial charge in [0.1, 0.15) is 5.75 Å². The second-order valence-electron chi connectivity index (χ2n) is 2.89. The van der Waals surface area contributed by atoms with Crippen molar-refractivity contribution in [2.24, 2.45) is 10.9 Å². The average Bonchev–Trinajstić information content (AvgIpc) is 2.35. The highest BCUT2D eigenvalue weighted by Gasteiger charge is 2.14. The zero-order valence-corrected chi connectivity index (χ0v) is 9.35. The van der Waals surface area contributed by atoms with Crippen molar-refractivity contribution in [3.05, 3.63) is 17.7 Å². The fourth-order valence-electron chi connectivity index (χ4n) is 1.28. The molecule has 0 saturated heterocycles. The Bertz CT molecular complexity index is 404. The van der Waals surface area contributed by atoms with E-state index < -0.39 is 0 Å². The number of hydrogen-bond acceptors (Lipinski definition) is 5. The molecule has 0 unspecified atom stereocenters. The molecule has 0 aliphatic rings. The Morgan fingerprint density at radius 3 is 2.00 bits per heavy atom. The Morgan fingerprint density at radius 1 is 1.06 bits per heavy atom. The minimum atomic E-state index is -0.0576. The van der Waals surface area contributed by atoms with Crippen molar-refractivity contribution in [2.75, 3.05) is 21.3 Å². The van der Waals surface area contributed by atoms with Crippen molar-refractivity contribution in [1.29, 1.82) is 0 Å². The first-order valence-corrected chi connectivity index (χ1v) is 4.45. The van der Waals surface area contributed by atoms with Crippen LogP contribution in [0.2, 0.25) is 0 Å². The van der Waals surface area contributed by atoms with Crippen molar-refractivity contribution in [3.8, 4) is 17.2 Å². The van der Waals surface area contributed by atoms with Gasteiger partial charge in [-0.1, -0.05) is 5.16 Å². The summed E-state index contributed by atoms with van der Waals surface area (Å²) in [5.41, 5.74) is 5.94. The summed E-state index contributed by atoms with van der Waals surface area (Å²) in [6.07, 6.45) is 0. The minimum Gasteiger partial charge on any atom is -0.496 e. The molecule has 0 spiro atoms.